The SMILES string of the molecule is O=[SH](=O)c1ccc(CCBr)cc1. The van der Waals surface area contributed by atoms with Gasteiger partial charge >= 0.3 is 0 Å². The molecule has 4 heteroatoms. The van der Waals surface area contributed by atoms with Crippen molar-refractivity contribution in [3.8, 4) is 0 Å². The molecule has 0 saturated carbocycles. The van der Waals surface area contributed by atoms with E-state index >= 15 is 0 Å². The average molecular weight is 249 g/mol. The first-order valence-electron chi connectivity index (χ1n) is 3.53. The van der Waals surface area contributed by atoms with Gasteiger partial charge in [0.15, 0.2) is 10.7 Å². The largest absolute Gasteiger partial charge is 0.227 e. The zero-order chi connectivity index (χ0) is 8.97. The maximum Gasteiger partial charge on any atom is 0.168 e. The Morgan fingerprint density at radius 2 is 1.75 bits per heavy atom. The molecule has 0 heterocycles. The third kappa shape index (κ3) is 2.60. The molecule has 0 aliphatic carbocycles. The van der Waals surface area contributed by atoms with Gasteiger partial charge in [0.05, 0.1) is 4.90 Å². The van der Waals surface area contributed by atoms with E-state index in [9.17, 15) is 8.42 Å². The first-order valence-corrected chi connectivity index (χ1v) is 5.83. The molecule has 1 aromatic carbocycles. The lowest BCUT2D eigenvalue weighted by Crippen LogP contribution is -1.86. The summed E-state index contributed by atoms with van der Waals surface area (Å²) in [5.41, 5.74) is 1.15. The molecule has 0 radical (unpaired) electrons. The van der Waals surface area contributed by atoms with E-state index in [4.69, 9.17) is 0 Å². The topological polar surface area (TPSA) is 34.1 Å². The van der Waals surface area contributed by atoms with E-state index in [0.717, 1.165) is 17.3 Å². The molecule has 0 unspecified atom stereocenters. The summed E-state index contributed by atoms with van der Waals surface area (Å²) in [6, 6.07) is 6.93. The summed E-state index contributed by atoms with van der Waals surface area (Å²) < 4.78 is 21.0. The van der Waals surface area contributed by atoms with Gasteiger partial charge in [0, 0.05) is 5.33 Å². The molecule has 0 N–H and O–H groups in total. The van der Waals surface area contributed by atoms with E-state index in [0.29, 0.717) is 4.90 Å². The molecule has 0 saturated heterocycles. The summed E-state index contributed by atoms with van der Waals surface area (Å²) in [6.45, 7) is 0. The number of rotatable bonds is 3. The minimum atomic E-state index is -2.43. The molecule has 1 rings (SSSR count). The van der Waals surface area contributed by atoms with Gasteiger partial charge in [0.25, 0.3) is 0 Å². The number of halogens is 1. The van der Waals surface area contributed by atoms with Crippen molar-refractivity contribution >= 4 is 26.6 Å². The third-order valence-electron chi connectivity index (χ3n) is 1.53. The summed E-state index contributed by atoms with van der Waals surface area (Å²) in [5, 5.41) is 0.899. The van der Waals surface area contributed by atoms with E-state index in [1.807, 2.05) is 12.1 Å². The molecule has 0 fully saturated rings. The minimum absolute atomic E-state index is 0.378. The monoisotopic (exact) mass is 248 g/mol. The highest BCUT2D eigenvalue weighted by Gasteiger charge is 1.94. The zero-order valence-electron chi connectivity index (χ0n) is 6.37. The fourth-order valence-electron chi connectivity index (χ4n) is 0.893. The number of benzene rings is 1. The van der Waals surface area contributed by atoms with E-state index in [1.165, 1.54) is 0 Å². The van der Waals surface area contributed by atoms with Crippen LogP contribution < -0.4 is 0 Å². The van der Waals surface area contributed by atoms with E-state index in [1.54, 1.807) is 12.1 Å². The fourth-order valence-corrected chi connectivity index (χ4v) is 1.74. The number of aryl methyl sites for hydroxylation is 1. The Morgan fingerprint density at radius 1 is 1.17 bits per heavy atom. The standard InChI is InChI=1S/C8H9BrO2S/c9-6-5-7-1-3-8(4-2-7)12(10)11/h1-4,12H,5-6H2. The third-order valence-corrected chi connectivity index (χ3v) is 2.65. The highest BCUT2D eigenvalue weighted by molar-refractivity contribution is 9.09. The smallest absolute Gasteiger partial charge is 0.168 e. The summed E-state index contributed by atoms with van der Waals surface area (Å²) in [4.78, 5) is 0.378. The summed E-state index contributed by atoms with van der Waals surface area (Å²) in [6.07, 6.45) is 0.927. The van der Waals surface area contributed by atoms with Crippen LogP contribution in [0.25, 0.3) is 0 Å². The van der Waals surface area contributed by atoms with Gasteiger partial charge in [-0.05, 0) is 24.1 Å². The molecule has 0 amide bonds. The van der Waals surface area contributed by atoms with Crippen LogP contribution in [-0.4, -0.2) is 13.7 Å². The van der Waals surface area contributed by atoms with Crippen molar-refractivity contribution in [2.75, 3.05) is 5.33 Å². The molecule has 2 nitrogen and oxygen atoms in total. The maximum absolute atomic E-state index is 10.5. The molecule has 66 valence electrons. The molecule has 0 aliphatic heterocycles. The predicted molar refractivity (Wildman–Crippen MR) is 52.5 cm³/mol. The number of thiol groups is 1. The van der Waals surface area contributed by atoms with E-state index in [-0.39, 0.29) is 0 Å². The molecule has 0 atom stereocenters. The van der Waals surface area contributed by atoms with Crippen molar-refractivity contribution in [1.82, 2.24) is 0 Å². The molecule has 1 aromatic rings. The lowest BCUT2D eigenvalue weighted by molar-refractivity contribution is 0.614. The van der Waals surface area contributed by atoms with Crippen LogP contribution in [0.3, 0.4) is 0 Å². The van der Waals surface area contributed by atoms with Gasteiger partial charge in [0.1, 0.15) is 0 Å². The van der Waals surface area contributed by atoms with Crippen molar-refractivity contribution in [2.24, 2.45) is 0 Å². The van der Waals surface area contributed by atoms with E-state index in [2.05, 4.69) is 15.9 Å². The van der Waals surface area contributed by atoms with E-state index < -0.39 is 10.7 Å². The molecule has 0 spiro atoms. The number of hydrogen-bond donors (Lipinski definition) is 1. The Morgan fingerprint density at radius 3 is 2.17 bits per heavy atom. The molecule has 12 heavy (non-hydrogen) atoms. The van der Waals surface area contributed by atoms with Gasteiger partial charge in [-0.3, -0.25) is 0 Å². The van der Waals surface area contributed by atoms with Crippen molar-refractivity contribution in [2.45, 2.75) is 11.3 Å². The summed E-state index contributed by atoms with van der Waals surface area (Å²) in [5.74, 6) is 0. The molecule has 0 aromatic heterocycles. The van der Waals surface area contributed by atoms with Crippen LogP contribution in [0, 0.1) is 0 Å². The van der Waals surface area contributed by atoms with Crippen molar-refractivity contribution in [3.05, 3.63) is 29.8 Å². The van der Waals surface area contributed by atoms with Gasteiger partial charge in [0.2, 0.25) is 0 Å². The average Bonchev–Trinajstić information content (AvgIpc) is 2.06. The van der Waals surface area contributed by atoms with Crippen LogP contribution in [0.4, 0.5) is 0 Å². The second-order valence-electron chi connectivity index (χ2n) is 2.36. The Balaban J connectivity index is 2.85. The normalized spacial score (nSPS) is 10.5. The molecular formula is C8H9BrO2S. The van der Waals surface area contributed by atoms with Crippen LogP contribution >= 0.6 is 15.9 Å². The maximum atomic E-state index is 10.5. The van der Waals surface area contributed by atoms with Gasteiger partial charge in [-0.25, -0.2) is 8.42 Å². The second-order valence-corrected chi connectivity index (χ2v) is 4.19. The summed E-state index contributed by atoms with van der Waals surface area (Å²) >= 11 is 3.31. The van der Waals surface area contributed by atoms with Crippen molar-refractivity contribution in [1.29, 1.82) is 0 Å². The molecular weight excluding hydrogens is 240 g/mol. The number of hydrogen-bond acceptors (Lipinski definition) is 2. The Kier molecular flexibility index (Phi) is 3.75. The lowest BCUT2D eigenvalue weighted by Gasteiger charge is -1.96. The molecule has 0 aliphatic rings. The lowest BCUT2D eigenvalue weighted by atomic mass is 10.2. The highest BCUT2D eigenvalue weighted by atomic mass is 79.9. The number of alkyl halides is 1. The first kappa shape index (κ1) is 9.74. The van der Waals surface area contributed by atoms with Crippen molar-refractivity contribution in [3.63, 3.8) is 0 Å². The zero-order valence-corrected chi connectivity index (χ0v) is 8.85. The van der Waals surface area contributed by atoms with Crippen LogP contribution in [-0.2, 0) is 17.1 Å². The first-order chi connectivity index (χ1) is 5.74. The predicted octanol–water partition coefficient (Wildman–Crippen LogP) is 1.59. The second kappa shape index (κ2) is 4.62. The quantitative estimate of drug-likeness (QED) is 0.652. The van der Waals surface area contributed by atoms with Gasteiger partial charge in [-0.2, -0.15) is 0 Å². The highest BCUT2D eigenvalue weighted by Crippen LogP contribution is 2.06. The Bertz CT molecular complexity index is 308. The van der Waals surface area contributed by atoms with Gasteiger partial charge < -0.3 is 0 Å². The summed E-state index contributed by atoms with van der Waals surface area (Å²) in [7, 11) is -2.43. The van der Waals surface area contributed by atoms with Crippen LogP contribution in [0.1, 0.15) is 5.56 Å². The van der Waals surface area contributed by atoms with Gasteiger partial charge in [-0.1, -0.05) is 28.1 Å². The Hall–Kier alpha value is -0.350. The molecule has 0 bridgehead atoms. The van der Waals surface area contributed by atoms with Crippen LogP contribution in [0.15, 0.2) is 29.2 Å². The van der Waals surface area contributed by atoms with Crippen LogP contribution in [0.5, 0.6) is 0 Å². The Labute approximate surface area is 81.7 Å². The van der Waals surface area contributed by atoms with Crippen molar-refractivity contribution < 1.29 is 8.42 Å². The fraction of sp³-hybridized carbons (Fsp3) is 0.250. The van der Waals surface area contributed by atoms with Crippen LogP contribution in [0.2, 0.25) is 0 Å². The van der Waals surface area contributed by atoms with Gasteiger partial charge in [-0.15, -0.1) is 0 Å². The minimum Gasteiger partial charge on any atom is -0.227 e.